The summed E-state index contributed by atoms with van der Waals surface area (Å²) in [6, 6.07) is 14.8. The lowest BCUT2D eigenvalue weighted by Crippen LogP contribution is -2.25. The Balaban J connectivity index is 1.53. The van der Waals surface area contributed by atoms with Crippen molar-refractivity contribution in [3.8, 4) is 23.0 Å². The van der Waals surface area contributed by atoms with Crippen LogP contribution in [0.3, 0.4) is 0 Å². The van der Waals surface area contributed by atoms with Crippen molar-refractivity contribution < 1.29 is 24.2 Å². The zero-order valence-electron chi connectivity index (χ0n) is 21.7. The van der Waals surface area contributed by atoms with E-state index in [1.807, 2.05) is 42.5 Å². The number of methoxy groups -OCH3 is 2. The number of rotatable bonds is 9. The number of hydrogen-bond acceptors (Lipinski definition) is 9. The van der Waals surface area contributed by atoms with Crippen LogP contribution in [0.2, 0.25) is 0 Å². The van der Waals surface area contributed by atoms with E-state index in [4.69, 9.17) is 15.2 Å². The number of pyridine rings is 1. The molecule has 0 aliphatic heterocycles. The highest BCUT2D eigenvalue weighted by molar-refractivity contribution is 6.07. The van der Waals surface area contributed by atoms with Crippen LogP contribution in [-0.2, 0) is 4.79 Å². The van der Waals surface area contributed by atoms with Crippen LogP contribution in [-0.4, -0.2) is 52.2 Å². The minimum Gasteiger partial charge on any atom is -0.480 e. The molecule has 4 aromatic rings. The fourth-order valence-electron chi connectivity index (χ4n) is 4.51. The largest absolute Gasteiger partial charge is 0.480 e. The van der Waals surface area contributed by atoms with E-state index < -0.39 is 11.9 Å². The third kappa shape index (κ3) is 5.39. The predicted octanol–water partition coefficient (Wildman–Crippen LogP) is 4.00. The van der Waals surface area contributed by atoms with Crippen molar-refractivity contribution >= 4 is 34.2 Å². The number of carbonyl (C=O) groups excluding carboxylic acids is 1. The van der Waals surface area contributed by atoms with E-state index in [1.165, 1.54) is 20.4 Å². The maximum atomic E-state index is 12.4. The molecule has 1 aliphatic rings. The number of anilines is 2. The van der Waals surface area contributed by atoms with Gasteiger partial charge in [-0.1, -0.05) is 30.3 Å². The number of nitrogens with one attached hydrogen (secondary N) is 2. The van der Waals surface area contributed by atoms with E-state index in [0.29, 0.717) is 40.2 Å². The Morgan fingerprint density at radius 1 is 1.05 bits per heavy atom. The molecule has 5 rings (SSSR count). The van der Waals surface area contributed by atoms with Crippen molar-refractivity contribution in [2.24, 2.45) is 5.73 Å². The van der Waals surface area contributed by atoms with Crippen molar-refractivity contribution in [1.29, 1.82) is 0 Å². The van der Waals surface area contributed by atoms with Gasteiger partial charge in [0.2, 0.25) is 5.88 Å². The number of nitrogens with zero attached hydrogens (tertiary/aromatic N) is 3. The lowest BCUT2D eigenvalue weighted by atomic mass is 9.98. The topological polar surface area (TPSA) is 162 Å². The molecule has 0 spiro atoms. The standard InChI is InChI=1S/C29H26N6O5/c1-39-27-22(14-32-29(35-27)40-2)16-8-9-21-24(12-16)31-15-23(26(30)36)25(21)34-20-11-17(28(37)38)10-19(13-20)33-18-6-4-3-5-7-18/h3-12,14-15,19,33H,13H2,1-2H3,(H2,30,36)(H,31,34)(H,37,38). The Morgan fingerprint density at radius 2 is 1.85 bits per heavy atom. The lowest BCUT2D eigenvalue weighted by molar-refractivity contribution is -0.132. The average Bonchev–Trinajstić information content (AvgIpc) is 2.96. The zero-order chi connectivity index (χ0) is 28.2. The van der Waals surface area contributed by atoms with Gasteiger partial charge in [-0.05, 0) is 35.9 Å². The van der Waals surface area contributed by atoms with Gasteiger partial charge in [0.25, 0.3) is 5.91 Å². The van der Waals surface area contributed by atoms with Gasteiger partial charge in [-0.15, -0.1) is 0 Å². The van der Waals surface area contributed by atoms with E-state index in [-0.39, 0.29) is 23.2 Å². The maximum Gasteiger partial charge on any atom is 0.335 e. The molecule has 1 amide bonds. The number of carbonyl (C=O) groups is 2. The number of nitrogens with two attached hydrogens (primary N) is 1. The van der Waals surface area contributed by atoms with Crippen LogP contribution in [0.25, 0.3) is 22.0 Å². The van der Waals surface area contributed by atoms with Gasteiger partial charge in [0.1, 0.15) is 0 Å². The molecule has 40 heavy (non-hydrogen) atoms. The van der Waals surface area contributed by atoms with E-state index in [0.717, 1.165) is 11.3 Å². The Bertz CT molecular complexity index is 1670. The summed E-state index contributed by atoms with van der Waals surface area (Å²) in [6.45, 7) is 0. The normalized spacial score (nSPS) is 14.6. The number of amides is 1. The molecule has 1 unspecified atom stereocenters. The number of carboxylic acids is 1. The molecule has 2 aromatic heterocycles. The molecule has 11 nitrogen and oxygen atoms in total. The number of para-hydroxylation sites is 1. The van der Waals surface area contributed by atoms with Gasteiger partial charge >= 0.3 is 12.0 Å². The minimum absolute atomic E-state index is 0.120. The minimum atomic E-state index is -1.06. The van der Waals surface area contributed by atoms with Gasteiger partial charge in [0, 0.05) is 35.6 Å². The van der Waals surface area contributed by atoms with Crippen molar-refractivity contribution in [2.75, 3.05) is 24.9 Å². The number of hydrogen-bond donors (Lipinski definition) is 4. The monoisotopic (exact) mass is 538 g/mol. The number of benzene rings is 2. The Morgan fingerprint density at radius 3 is 2.55 bits per heavy atom. The first-order valence-electron chi connectivity index (χ1n) is 12.3. The molecular formula is C29H26N6O5. The molecule has 0 fully saturated rings. The number of carboxylic acid groups (broad SMARTS) is 1. The molecule has 1 atom stereocenters. The third-order valence-corrected chi connectivity index (χ3v) is 6.36. The van der Waals surface area contributed by atoms with E-state index in [9.17, 15) is 14.7 Å². The van der Waals surface area contributed by atoms with Crippen molar-refractivity contribution in [3.63, 3.8) is 0 Å². The van der Waals surface area contributed by atoms with Crippen LogP contribution in [0.1, 0.15) is 16.8 Å². The third-order valence-electron chi connectivity index (χ3n) is 6.36. The summed E-state index contributed by atoms with van der Waals surface area (Å²) in [5.74, 6) is -1.40. The van der Waals surface area contributed by atoms with Gasteiger partial charge in [-0.2, -0.15) is 4.98 Å². The van der Waals surface area contributed by atoms with Crippen LogP contribution < -0.4 is 25.8 Å². The van der Waals surface area contributed by atoms with Crippen LogP contribution in [0.4, 0.5) is 11.4 Å². The first-order valence-corrected chi connectivity index (χ1v) is 12.3. The summed E-state index contributed by atoms with van der Waals surface area (Å²) < 4.78 is 10.5. The van der Waals surface area contributed by atoms with Gasteiger partial charge in [-0.3, -0.25) is 9.78 Å². The second kappa shape index (κ2) is 11.1. The van der Waals surface area contributed by atoms with Gasteiger partial charge in [0.05, 0.1) is 48.2 Å². The molecule has 202 valence electrons. The van der Waals surface area contributed by atoms with Gasteiger partial charge in [-0.25, -0.2) is 9.78 Å². The lowest BCUT2D eigenvalue weighted by Gasteiger charge is -2.24. The van der Waals surface area contributed by atoms with Crippen LogP contribution in [0.15, 0.2) is 84.3 Å². The molecule has 1 aliphatic carbocycles. The van der Waals surface area contributed by atoms with Crippen molar-refractivity contribution in [2.45, 2.75) is 12.5 Å². The van der Waals surface area contributed by atoms with E-state index in [2.05, 4.69) is 25.6 Å². The van der Waals surface area contributed by atoms with Crippen molar-refractivity contribution in [1.82, 2.24) is 15.0 Å². The Labute approximate surface area is 229 Å². The molecule has 2 aromatic carbocycles. The van der Waals surface area contributed by atoms with Crippen LogP contribution in [0, 0.1) is 0 Å². The summed E-state index contributed by atoms with van der Waals surface area (Å²) in [4.78, 5) is 37.2. The molecule has 0 radical (unpaired) electrons. The highest BCUT2D eigenvalue weighted by atomic mass is 16.5. The molecule has 0 saturated heterocycles. The van der Waals surface area contributed by atoms with Crippen LogP contribution in [0.5, 0.6) is 11.9 Å². The molecular weight excluding hydrogens is 512 g/mol. The summed E-state index contributed by atoms with van der Waals surface area (Å²) in [5.41, 5.74) is 9.79. The highest BCUT2D eigenvalue weighted by Gasteiger charge is 2.22. The average molecular weight is 539 g/mol. The van der Waals surface area contributed by atoms with Crippen molar-refractivity contribution in [3.05, 3.63) is 89.9 Å². The van der Waals surface area contributed by atoms with E-state index in [1.54, 1.807) is 24.4 Å². The first-order chi connectivity index (χ1) is 19.4. The molecule has 2 heterocycles. The predicted molar refractivity (Wildman–Crippen MR) is 150 cm³/mol. The maximum absolute atomic E-state index is 12.4. The summed E-state index contributed by atoms with van der Waals surface area (Å²) in [6.07, 6.45) is 6.64. The summed E-state index contributed by atoms with van der Waals surface area (Å²) in [5, 5.41) is 17.0. The summed E-state index contributed by atoms with van der Waals surface area (Å²) >= 11 is 0. The Kier molecular flexibility index (Phi) is 7.27. The Hall–Kier alpha value is -5.45. The number of aromatic nitrogens is 3. The second-order valence-corrected chi connectivity index (χ2v) is 8.97. The SMILES string of the molecule is COc1ncc(-c2ccc3c(NC4=CC(C(=O)O)=CC(Nc5ccccc5)C4)c(C(N)=O)cnc3c2)c(OC)n1. The van der Waals surface area contributed by atoms with E-state index >= 15 is 0 Å². The smallest absolute Gasteiger partial charge is 0.335 e. The zero-order valence-corrected chi connectivity index (χ0v) is 21.7. The number of primary amides is 1. The van der Waals surface area contributed by atoms with Crippen LogP contribution >= 0.6 is 0 Å². The van der Waals surface area contributed by atoms with Gasteiger partial charge < -0.3 is 30.9 Å². The first kappa shape index (κ1) is 26.2. The molecule has 0 bridgehead atoms. The molecule has 11 heteroatoms. The quantitative estimate of drug-likeness (QED) is 0.245. The highest BCUT2D eigenvalue weighted by Crippen LogP contribution is 2.35. The fraction of sp³-hybridized carbons (Fsp3) is 0.138. The number of aliphatic carboxylic acids is 1. The second-order valence-electron chi connectivity index (χ2n) is 8.97. The fourth-order valence-corrected chi connectivity index (χ4v) is 4.51. The summed E-state index contributed by atoms with van der Waals surface area (Å²) in [7, 11) is 2.97. The number of ether oxygens (including phenoxy) is 2. The number of fused-ring (bicyclic) bond motifs is 1. The molecule has 0 saturated carbocycles. The molecule has 5 N–H and O–H groups in total. The van der Waals surface area contributed by atoms with Gasteiger partial charge in [0.15, 0.2) is 0 Å².